The first-order valence-electron chi connectivity index (χ1n) is 4.79. The largest absolute Gasteiger partial charge is 0.461 e. The van der Waals surface area contributed by atoms with Crippen LogP contribution in [0.1, 0.15) is 26.7 Å². The number of sulfonamides is 1. The predicted molar refractivity (Wildman–Crippen MR) is 57.6 cm³/mol. The molecule has 0 aromatic heterocycles. The number of hydrogen-bond acceptors (Lipinski definition) is 4. The second-order valence-corrected chi connectivity index (χ2v) is 4.82. The molecule has 0 aliphatic carbocycles. The molecule has 0 spiro atoms. The van der Waals surface area contributed by atoms with Gasteiger partial charge in [0, 0.05) is 0 Å². The Kier molecular flexibility index (Phi) is 6.00. The third-order valence-electron chi connectivity index (χ3n) is 1.57. The number of carbonyl (C=O) groups is 1. The van der Waals surface area contributed by atoms with Gasteiger partial charge in [-0.25, -0.2) is 13.2 Å². The maximum absolute atomic E-state index is 11.3. The molecule has 0 saturated carbocycles. The van der Waals surface area contributed by atoms with E-state index in [-0.39, 0.29) is 18.1 Å². The first-order valence-corrected chi connectivity index (χ1v) is 6.44. The van der Waals surface area contributed by atoms with E-state index < -0.39 is 16.0 Å². The number of rotatable bonds is 7. The van der Waals surface area contributed by atoms with Gasteiger partial charge in [0.25, 0.3) is 0 Å². The van der Waals surface area contributed by atoms with Crippen LogP contribution in [0.15, 0.2) is 12.3 Å². The maximum atomic E-state index is 11.3. The molecule has 0 aliphatic heterocycles. The van der Waals surface area contributed by atoms with Crippen LogP contribution in [0.3, 0.4) is 0 Å². The highest BCUT2D eigenvalue weighted by atomic mass is 32.2. The summed E-state index contributed by atoms with van der Waals surface area (Å²) < 4.78 is 29.3. The first-order chi connectivity index (χ1) is 6.93. The molecule has 0 rings (SSSR count). The monoisotopic (exact) mass is 235 g/mol. The van der Waals surface area contributed by atoms with Crippen LogP contribution in [0.2, 0.25) is 0 Å². The molecule has 1 N–H and O–H groups in total. The summed E-state index contributed by atoms with van der Waals surface area (Å²) >= 11 is 0. The van der Waals surface area contributed by atoms with Gasteiger partial charge in [0.05, 0.1) is 12.4 Å². The maximum Gasteiger partial charge on any atom is 0.354 e. The summed E-state index contributed by atoms with van der Waals surface area (Å²) in [7, 11) is -3.46. The molecule has 0 amide bonds. The minimum absolute atomic E-state index is 0.0120. The van der Waals surface area contributed by atoms with Crippen LogP contribution < -0.4 is 4.72 Å². The standard InChI is InChI=1S/C9H17NO4S/c1-4-6-7-15(12,13)10-8(3)9(11)14-5-2/h10H,3-7H2,1-2H3. The van der Waals surface area contributed by atoms with Gasteiger partial charge in [-0.2, -0.15) is 0 Å². The molecule has 0 atom stereocenters. The fourth-order valence-corrected chi connectivity index (χ4v) is 2.06. The minimum Gasteiger partial charge on any atom is -0.461 e. The Morgan fingerprint density at radius 2 is 2.00 bits per heavy atom. The minimum atomic E-state index is -3.46. The lowest BCUT2D eigenvalue weighted by Gasteiger charge is -2.08. The second kappa shape index (κ2) is 6.44. The molecule has 6 heteroatoms. The van der Waals surface area contributed by atoms with Crippen molar-refractivity contribution in [3.8, 4) is 0 Å². The summed E-state index contributed by atoms with van der Waals surface area (Å²) in [5, 5.41) is 0. The molecule has 0 heterocycles. The van der Waals surface area contributed by atoms with Gasteiger partial charge in [-0.1, -0.05) is 19.9 Å². The molecule has 88 valence electrons. The Balaban J connectivity index is 4.22. The Labute approximate surface area is 90.6 Å². The molecule has 0 fully saturated rings. The normalized spacial score (nSPS) is 10.8. The molecular weight excluding hydrogens is 218 g/mol. The van der Waals surface area contributed by atoms with Crippen molar-refractivity contribution in [2.75, 3.05) is 12.4 Å². The van der Waals surface area contributed by atoms with Crippen LogP contribution in [0.5, 0.6) is 0 Å². The van der Waals surface area contributed by atoms with Crippen molar-refractivity contribution >= 4 is 16.0 Å². The molecule has 0 unspecified atom stereocenters. The van der Waals surface area contributed by atoms with Crippen LogP contribution in [0.4, 0.5) is 0 Å². The zero-order valence-corrected chi connectivity index (χ0v) is 9.89. The van der Waals surface area contributed by atoms with Crippen LogP contribution >= 0.6 is 0 Å². The van der Waals surface area contributed by atoms with Crippen molar-refractivity contribution in [1.82, 2.24) is 4.72 Å². The van der Waals surface area contributed by atoms with E-state index in [1.807, 2.05) is 6.92 Å². The van der Waals surface area contributed by atoms with Gasteiger partial charge >= 0.3 is 5.97 Å². The third kappa shape index (κ3) is 6.11. The van der Waals surface area contributed by atoms with Gasteiger partial charge in [-0.3, -0.25) is 4.72 Å². The van der Waals surface area contributed by atoms with Crippen molar-refractivity contribution in [1.29, 1.82) is 0 Å². The third-order valence-corrected chi connectivity index (χ3v) is 2.95. The number of esters is 1. The average molecular weight is 235 g/mol. The van der Waals surface area contributed by atoms with Crippen LogP contribution in [0, 0.1) is 0 Å². The Morgan fingerprint density at radius 1 is 1.40 bits per heavy atom. The highest BCUT2D eigenvalue weighted by molar-refractivity contribution is 7.89. The number of nitrogens with one attached hydrogen (secondary N) is 1. The van der Waals surface area contributed by atoms with Crippen molar-refractivity contribution < 1.29 is 17.9 Å². The lowest BCUT2D eigenvalue weighted by atomic mass is 10.4. The molecule has 0 aromatic carbocycles. The zero-order chi connectivity index (χ0) is 11.9. The summed E-state index contributed by atoms with van der Waals surface area (Å²) in [5.41, 5.74) is -0.243. The summed E-state index contributed by atoms with van der Waals surface area (Å²) in [6.45, 7) is 7.01. The van der Waals surface area contributed by atoms with E-state index in [2.05, 4.69) is 16.0 Å². The molecule has 0 aliphatic rings. The van der Waals surface area contributed by atoms with Crippen molar-refractivity contribution in [3.05, 3.63) is 12.3 Å². The van der Waals surface area contributed by atoms with E-state index >= 15 is 0 Å². The Hall–Kier alpha value is -1.04. The zero-order valence-electron chi connectivity index (χ0n) is 9.08. The summed E-state index contributed by atoms with van der Waals surface area (Å²) in [6.07, 6.45) is 1.32. The topological polar surface area (TPSA) is 72.5 Å². The van der Waals surface area contributed by atoms with Gasteiger partial charge in [0.15, 0.2) is 0 Å². The van der Waals surface area contributed by atoms with E-state index in [1.165, 1.54) is 0 Å². The van der Waals surface area contributed by atoms with Gasteiger partial charge in [-0.05, 0) is 13.3 Å². The smallest absolute Gasteiger partial charge is 0.354 e. The van der Waals surface area contributed by atoms with Gasteiger partial charge < -0.3 is 4.74 Å². The fourth-order valence-electron chi connectivity index (χ4n) is 0.833. The first kappa shape index (κ1) is 14.0. The Morgan fingerprint density at radius 3 is 2.47 bits per heavy atom. The van der Waals surface area contributed by atoms with E-state index in [1.54, 1.807) is 6.92 Å². The second-order valence-electron chi connectivity index (χ2n) is 2.97. The van der Waals surface area contributed by atoms with Crippen molar-refractivity contribution in [2.45, 2.75) is 26.7 Å². The number of ether oxygens (including phenoxy) is 1. The summed E-state index contributed by atoms with van der Waals surface area (Å²) in [6, 6.07) is 0. The van der Waals surface area contributed by atoms with Crippen LogP contribution in [0.25, 0.3) is 0 Å². The molecule has 0 radical (unpaired) electrons. The molecule has 5 nitrogen and oxygen atoms in total. The van der Waals surface area contributed by atoms with E-state index in [9.17, 15) is 13.2 Å². The molecule has 15 heavy (non-hydrogen) atoms. The van der Waals surface area contributed by atoms with E-state index in [0.717, 1.165) is 6.42 Å². The quantitative estimate of drug-likeness (QED) is 0.523. The van der Waals surface area contributed by atoms with Gasteiger partial charge in [-0.15, -0.1) is 0 Å². The lowest BCUT2D eigenvalue weighted by Crippen LogP contribution is -2.29. The molecule has 0 saturated heterocycles. The fraction of sp³-hybridized carbons (Fsp3) is 0.667. The number of unbranched alkanes of at least 4 members (excludes halogenated alkanes) is 1. The highest BCUT2D eigenvalue weighted by Crippen LogP contribution is 1.98. The summed E-state index contributed by atoms with van der Waals surface area (Å²) in [4.78, 5) is 11.0. The van der Waals surface area contributed by atoms with E-state index in [4.69, 9.17) is 0 Å². The molecular formula is C9H17NO4S. The highest BCUT2D eigenvalue weighted by Gasteiger charge is 2.15. The SMILES string of the molecule is C=C(NS(=O)(=O)CCCC)C(=O)OCC. The van der Waals surface area contributed by atoms with Crippen LogP contribution in [-0.2, 0) is 19.6 Å². The summed E-state index contributed by atoms with van der Waals surface area (Å²) in [5.74, 6) is -0.750. The lowest BCUT2D eigenvalue weighted by molar-refractivity contribution is -0.138. The van der Waals surface area contributed by atoms with E-state index in [0.29, 0.717) is 6.42 Å². The average Bonchev–Trinajstić information content (AvgIpc) is 2.14. The van der Waals surface area contributed by atoms with Gasteiger partial charge in [0.2, 0.25) is 10.0 Å². The van der Waals surface area contributed by atoms with Crippen LogP contribution in [-0.4, -0.2) is 26.7 Å². The number of carbonyl (C=O) groups excluding carboxylic acids is 1. The predicted octanol–water partition coefficient (Wildman–Crippen LogP) is 0.783. The molecule has 0 bridgehead atoms. The van der Waals surface area contributed by atoms with Crippen molar-refractivity contribution in [3.63, 3.8) is 0 Å². The molecule has 0 aromatic rings. The number of hydrogen-bond donors (Lipinski definition) is 1. The van der Waals surface area contributed by atoms with Gasteiger partial charge in [0.1, 0.15) is 5.70 Å². The Bertz CT molecular complexity index is 321. The van der Waals surface area contributed by atoms with Crippen molar-refractivity contribution in [2.24, 2.45) is 0 Å².